The highest BCUT2D eigenvalue weighted by Crippen LogP contribution is 2.13. The van der Waals surface area contributed by atoms with Crippen LogP contribution in [0.3, 0.4) is 0 Å². The molecule has 5 heteroatoms. The first-order valence-corrected chi connectivity index (χ1v) is 7.95. The van der Waals surface area contributed by atoms with Gasteiger partial charge in [-0.3, -0.25) is 9.00 Å². The van der Waals surface area contributed by atoms with Gasteiger partial charge in [0.2, 0.25) is 5.91 Å². The highest BCUT2D eigenvalue weighted by molar-refractivity contribution is 7.84. The van der Waals surface area contributed by atoms with Gasteiger partial charge in [0.25, 0.3) is 0 Å². The molecule has 2 atom stereocenters. The topological polar surface area (TPSA) is 72.2 Å². The summed E-state index contributed by atoms with van der Waals surface area (Å²) in [5, 5.41) is 2.85. The van der Waals surface area contributed by atoms with Crippen molar-refractivity contribution < 1.29 is 9.00 Å². The summed E-state index contributed by atoms with van der Waals surface area (Å²) in [7, 11) is -0.772. The molecule has 0 aromatic carbocycles. The van der Waals surface area contributed by atoms with E-state index in [-0.39, 0.29) is 11.8 Å². The second-order valence-corrected chi connectivity index (χ2v) is 6.47. The number of nitrogens with one attached hydrogen (secondary N) is 1. The minimum atomic E-state index is -0.772. The maximum Gasteiger partial charge on any atom is 0.220 e. The number of carbonyl (C=O) groups is 1. The van der Waals surface area contributed by atoms with E-state index < -0.39 is 10.8 Å². The molecule has 0 aliphatic rings. The summed E-state index contributed by atoms with van der Waals surface area (Å²) >= 11 is 0. The van der Waals surface area contributed by atoms with E-state index in [4.69, 9.17) is 5.73 Å². The van der Waals surface area contributed by atoms with Gasteiger partial charge in [-0.2, -0.15) is 0 Å². The Morgan fingerprint density at radius 1 is 1.41 bits per heavy atom. The number of nitrogens with two attached hydrogens (primary N) is 1. The van der Waals surface area contributed by atoms with Crippen molar-refractivity contribution in [1.29, 1.82) is 0 Å². The Kier molecular flexibility index (Phi) is 9.36. The quantitative estimate of drug-likeness (QED) is 0.606. The van der Waals surface area contributed by atoms with Gasteiger partial charge in [0, 0.05) is 35.8 Å². The summed E-state index contributed by atoms with van der Waals surface area (Å²) in [5.74, 6) is 1.55. The average molecular weight is 262 g/mol. The summed E-state index contributed by atoms with van der Waals surface area (Å²) in [4.78, 5) is 11.6. The molecule has 0 aliphatic heterocycles. The van der Waals surface area contributed by atoms with Crippen molar-refractivity contribution in [2.45, 2.75) is 33.1 Å². The minimum Gasteiger partial charge on any atom is -0.356 e. The third-order valence-corrected chi connectivity index (χ3v) is 3.41. The Hall–Kier alpha value is -0.420. The van der Waals surface area contributed by atoms with Crippen LogP contribution in [0.25, 0.3) is 0 Å². The number of carbonyl (C=O) groups excluding carboxylic acids is 1. The molecule has 0 saturated heterocycles. The first-order valence-electron chi connectivity index (χ1n) is 6.22. The van der Waals surface area contributed by atoms with Crippen LogP contribution < -0.4 is 11.1 Å². The SMILES string of the molecule is CC(C)C[C@H](CN)CC(=O)NCCCS(C)=O. The molecule has 0 heterocycles. The van der Waals surface area contributed by atoms with Gasteiger partial charge >= 0.3 is 0 Å². The first kappa shape index (κ1) is 16.6. The molecule has 0 bridgehead atoms. The summed E-state index contributed by atoms with van der Waals surface area (Å²) in [6.07, 6.45) is 3.94. The Balaban J connectivity index is 3.71. The number of hydrogen-bond acceptors (Lipinski definition) is 3. The van der Waals surface area contributed by atoms with Crippen LogP contribution in [0.15, 0.2) is 0 Å². The summed E-state index contributed by atoms with van der Waals surface area (Å²) in [5.41, 5.74) is 5.64. The van der Waals surface area contributed by atoms with Crippen LogP contribution in [-0.4, -0.2) is 35.2 Å². The number of hydrogen-bond donors (Lipinski definition) is 2. The molecule has 0 aromatic heterocycles. The first-order chi connectivity index (χ1) is 7.95. The largest absolute Gasteiger partial charge is 0.356 e. The summed E-state index contributed by atoms with van der Waals surface area (Å²) in [6, 6.07) is 0. The van der Waals surface area contributed by atoms with Gasteiger partial charge in [-0.25, -0.2) is 0 Å². The zero-order chi connectivity index (χ0) is 13.3. The smallest absolute Gasteiger partial charge is 0.220 e. The van der Waals surface area contributed by atoms with E-state index in [1.165, 1.54) is 0 Å². The lowest BCUT2D eigenvalue weighted by atomic mass is 9.94. The van der Waals surface area contributed by atoms with Gasteiger partial charge in [0.05, 0.1) is 0 Å². The highest BCUT2D eigenvalue weighted by atomic mass is 32.2. The third kappa shape index (κ3) is 10.5. The molecular formula is C12H26N2O2S. The van der Waals surface area contributed by atoms with Gasteiger partial charge in [-0.1, -0.05) is 13.8 Å². The molecule has 1 amide bonds. The Morgan fingerprint density at radius 2 is 2.06 bits per heavy atom. The van der Waals surface area contributed by atoms with Crippen molar-refractivity contribution in [2.24, 2.45) is 17.6 Å². The molecule has 4 nitrogen and oxygen atoms in total. The Morgan fingerprint density at radius 3 is 2.53 bits per heavy atom. The fourth-order valence-electron chi connectivity index (χ4n) is 1.77. The lowest BCUT2D eigenvalue weighted by molar-refractivity contribution is -0.122. The van der Waals surface area contributed by atoms with Crippen LogP contribution in [0.1, 0.15) is 33.1 Å². The molecule has 0 saturated carbocycles. The number of rotatable bonds is 9. The molecule has 0 aromatic rings. The van der Waals surface area contributed by atoms with Gasteiger partial charge in [0.15, 0.2) is 0 Å². The van der Waals surface area contributed by atoms with E-state index in [1.807, 2.05) is 0 Å². The van der Waals surface area contributed by atoms with Gasteiger partial charge in [-0.15, -0.1) is 0 Å². The van der Waals surface area contributed by atoms with E-state index in [0.29, 0.717) is 31.2 Å². The van der Waals surface area contributed by atoms with Crippen molar-refractivity contribution >= 4 is 16.7 Å². The molecule has 17 heavy (non-hydrogen) atoms. The minimum absolute atomic E-state index is 0.0583. The van der Waals surface area contributed by atoms with Crippen LogP contribution in [0.4, 0.5) is 0 Å². The zero-order valence-corrected chi connectivity index (χ0v) is 12.0. The van der Waals surface area contributed by atoms with Crippen molar-refractivity contribution in [1.82, 2.24) is 5.32 Å². The fourth-order valence-corrected chi connectivity index (χ4v) is 2.32. The molecule has 0 fully saturated rings. The van der Waals surface area contributed by atoms with Gasteiger partial charge < -0.3 is 11.1 Å². The standard InChI is InChI=1S/C12H26N2O2S/c1-10(2)7-11(9-13)8-12(15)14-5-4-6-17(3)16/h10-11H,4-9,13H2,1-3H3,(H,14,15)/t11-,17?/m0/s1. The van der Waals surface area contributed by atoms with Crippen molar-refractivity contribution in [3.8, 4) is 0 Å². The molecule has 3 N–H and O–H groups in total. The molecule has 0 aliphatic carbocycles. The van der Waals surface area contributed by atoms with Crippen LogP contribution in [0, 0.1) is 11.8 Å². The van der Waals surface area contributed by atoms with Gasteiger partial charge in [-0.05, 0) is 31.2 Å². The normalized spacial score (nSPS) is 14.6. The van der Waals surface area contributed by atoms with Crippen LogP contribution in [0.5, 0.6) is 0 Å². The maximum absolute atomic E-state index is 11.6. The lowest BCUT2D eigenvalue weighted by Crippen LogP contribution is -2.30. The van der Waals surface area contributed by atoms with Crippen LogP contribution in [0.2, 0.25) is 0 Å². The van der Waals surface area contributed by atoms with Crippen molar-refractivity contribution in [2.75, 3.05) is 25.1 Å². The van der Waals surface area contributed by atoms with E-state index in [1.54, 1.807) is 6.26 Å². The monoisotopic (exact) mass is 262 g/mol. The van der Waals surface area contributed by atoms with Crippen LogP contribution in [-0.2, 0) is 15.6 Å². The van der Waals surface area contributed by atoms with E-state index >= 15 is 0 Å². The molecule has 1 unspecified atom stereocenters. The van der Waals surface area contributed by atoms with E-state index in [0.717, 1.165) is 12.8 Å². The Labute approximate surface area is 107 Å². The van der Waals surface area contributed by atoms with Gasteiger partial charge in [0.1, 0.15) is 0 Å². The summed E-state index contributed by atoms with van der Waals surface area (Å²) < 4.78 is 10.8. The second kappa shape index (κ2) is 9.59. The predicted molar refractivity (Wildman–Crippen MR) is 73.2 cm³/mol. The highest BCUT2D eigenvalue weighted by Gasteiger charge is 2.13. The molecular weight excluding hydrogens is 236 g/mol. The summed E-state index contributed by atoms with van der Waals surface area (Å²) in [6.45, 7) is 5.44. The molecule has 0 spiro atoms. The number of amides is 1. The van der Waals surface area contributed by atoms with Crippen molar-refractivity contribution in [3.05, 3.63) is 0 Å². The predicted octanol–water partition coefficient (Wildman–Crippen LogP) is 0.882. The molecule has 102 valence electrons. The van der Waals surface area contributed by atoms with E-state index in [2.05, 4.69) is 19.2 Å². The van der Waals surface area contributed by atoms with Crippen LogP contribution >= 0.6 is 0 Å². The van der Waals surface area contributed by atoms with E-state index in [9.17, 15) is 9.00 Å². The molecule has 0 radical (unpaired) electrons. The molecule has 0 rings (SSSR count). The third-order valence-electron chi connectivity index (χ3n) is 2.54. The Bertz CT molecular complexity index is 245. The zero-order valence-electron chi connectivity index (χ0n) is 11.2. The average Bonchev–Trinajstić information content (AvgIpc) is 2.22. The maximum atomic E-state index is 11.6. The fraction of sp³-hybridized carbons (Fsp3) is 0.917. The van der Waals surface area contributed by atoms with Crippen molar-refractivity contribution in [3.63, 3.8) is 0 Å². The second-order valence-electron chi connectivity index (χ2n) is 4.92. The lowest BCUT2D eigenvalue weighted by Gasteiger charge is -2.16.